The van der Waals surface area contributed by atoms with Crippen LogP contribution in [0.25, 0.3) is 0 Å². The zero-order valence-electron chi connectivity index (χ0n) is 8.53. The molecule has 1 rings (SSSR count). The van der Waals surface area contributed by atoms with Crippen LogP contribution in [0.15, 0.2) is 12.0 Å². The number of unbranched alkanes of at least 4 members (excludes halogenated alkanes) is 1. The van der Waals surface area contributed by atoms with Crippen molar-refractivity contribution in [1.82, 2.24) is 10.2 Å². The van der Waals surface area contributed by atoms with E-state index in [1.54, 1.807) is 0 Å². The second-order valence-electron chi connectivity index (χ2n) is 3.42. The number of rotatable bonds is 4. The normalized spacial score (nSPS) is 19.5. The number of nitro groups is 1. The Bertz CT molecular complexity index is 228. The minimum Gasteiger partial charge on any atom is -0.367 e. The van der Waals surface area contributed by atoms with Crippen molar-refractivity contribution in [2.45, 2.75) is 26.2 Å². The van der Waals surface area contributed by atoms with Gasteiger partial charge in [-0.15, -0.1) is 0 Å². The van der Waals surface area contributed by atoms with Gasteiger partial charge in [0.25, 0.3) is 6.20 Å². The fraction of sp³-hybridized carbons (Fsp3) is 0.778. The topological polar surface area (TPSA) is 58.4 Å². The molecule has 0 aromatic heterocycles. The smallest absolute Gasteiger partial charge is 0.274 e. The molecule has 80 valence electrons. The molecule has 1 aliphatic rings. The summed E-state index contributed by atoms with van der Waals surface area (Å²) in [6, 6.07) is 0. The molecule has 0 aromatic rings. The van der Waals surface area contributed by atoms with E-state index in [4.69, 9.17) is 0 Å². The van der Waals surface area contributed by atoms with Gasteiger partial charge >= 0.3 is 0 Å². The van der Waals surface area contributed by atoms with E-state index in [2.05, 4.69) is 17.1 Å². The van der Waals surface area contributed by atoms with Gasteiger partial charge in [0.05, 0.1) is 4.92 Å². The van der Waals surface area contributed by atoms with Crippen LogP contribution in [0.3, 0.4) is 0 Å². The van der Waals surface area contributed by atoms with Crippen molar-refractivity contribution in [1.29, 1.82) is 0 Å². The molecule has 0 atom stereocenters. The van der Waals surface area contributed by atoms with Gasteiger partial charge in [-0.2, -0.15) is 0 Å². The monoisotopic (exact) mass is 199 g/mol. The predicted octanol–water partition coefficient (Wildman–Crippen LogP) is 1.16. The van der Waals surface area contributed by atoms with E-state index in [1.165, 1.54) is 0 Å². The molecule has 5 nitrogen and oxygen atoms in total. The highest BCUT2D eigenvalue weighted by atomic mass is 16.6. The Morgan fingerprint density at radius 3 is 3.14 bits per heavy atom. The Kier molecular flexibility index (Phi) is 4.22. The Hall–Kier alpha value is -1.26. The Labute approximate surface area is 83.9 Å². The van der Waals surface area contributed by atoms with Crippen LogP contribution in [0.1, 0.15) is 26.2 Å². The first-order valence-corrected chi connectivity index (χ1v) is 5.08. The number of nitrogens with zero attached hydrogens (tertiary/aromatic N) is 2. The summed E-state index contributed by atoms with van der Waals surface area (Å²) < 4.78 is 0. The highest BCUT2D eigenvalue weighted by Gasteiger charge is 2.16. The summed E-state index contributed by atoms with van der Waals surface area (Å²) in [4.78, 5) is 12.0. The van der Waals surface area contributed by atoms with Gasteiger partial charge in [-0.25, -0.2) is 0 Å². The maximum Gasteiger partial charge on any atom is 0.274 e. The number of nitrogens with one attached hydrogen (secondary N) is 1. The lowest BCUT2D eigenvalue weighted by atomic mass is 10.2. The van der Waals surface area contributed by atoms with Crippen molar-refractivity contribution < 1.29 is 4.92 Å². The van der Waals surface area contributed by atoms with E-state index >= 15 is 0 Å². The third-order valence-corrected chi connectivity index (χ3v) is 2.26. The van der Waals surface area contributed by atoms with Crippen LogP contribution in [0.4, 0.5) is 0 Å². The van der Waals surface area contributed by atoms with Crippen LogP contribution in [0, 0.1) is 10.1 Å². The highest BCUT2D eigenvalue weighted by molar-refractivity contribution is 4.97. The second kappa shape index (κ2) is 5.47. The second-order valence-corrected chi connectivity index (χ2v) is 3.42. The Balaban J connectivity index is 2.54. The predicted molar refractivity (Wildman–Crippen MR) is 54.2 cm³/mol. The van der Waals surface area contributed by atoms with Crippen molar-refractivity contribution >= 4 is 0 Å². The molecular formula is C9H17N3O2. The van der Waals surface area contributed by atoms with Gasteiger partial charge in [-0.1, -0.05) is 13.3 Å². The Morgan fingerprint density at radius 1 is 1.71 bits per heavy atom. The molecular weight excluding hydrogens is 182 g/mol. The van der Waals surface area contributed by atoms with Crippen molar-refractivity contribution in [3.8, 4) is 0 Å². The summed E-state index contributed by atoms with van der Waals surface area (Å²) in [5, 5.41) is 13.4. The van der Waals surface area contributed by atoms with E-state index < -0.39 is 4.92 Å². The number of hydrogen-bond donors (Lipinski definition) is 1. The summed E-state index contributed by atoms with van der Waals surface area (Å²) >= 11 is 0. The van der Waals surface area contributed by atoms with Crippen LogP contribution in [0.2, 0.25) is 0 Å². The molecule has 0 radical (unpaired) electrons. The summed E-state index contributed by atoms with van der Waals surface area (Å²) in [6.45, 7) is 4.78. The van der Waals surface area contributed by atoms with E-state index in [0.29, 0.717) is 5.82 Å². The van der Waals surface area contributed by atoms with Crippen molar-refractivity contribution in [2.75, 3.05) is 19.6 Å². The molecule has 0 spiro atoms. The molecule has 1 fully saturated rings. The summed E-state index contributed by atoms with van der Waals surface area (Å²) in [7, 11) is 0. The summed E-state index contributed by atoms with van der Waals surface area (Å²) in [5.74, 6) is 0.662. The minimum absolute atomic E-state index is 0.396. The highest BCUT2D eigenvalue weighted by Crippen LogP contribution is 2.09. The molecule has 1 heterocycles. The molecule has 0 saturated carbocycles. The fourth-order valence-corrected chi connectivity index (χ4v) is 1.53. The van der Waals surface area contributed by atoms with Crippen LogP contribution in [-0.4, -0.2) is 29.5 Å². The third kappa shape index (κ3) is 3.24. The molecule has 1 aliphatic heterocycles. The van der Waals surface area contributed by atoms with Gasteiger partial charge in [0.15, 0.2) is 5.82 Å². The largest absolute Gasteiger partial charge is 0.367 e. The lowest BCUT2D eigenvalue weighted by molar-refractivity contribution is -0.404. The zero-order valence-corrected chi connectivity index (χ0v) is 8.53. The minimum atomic E-state index is -0.396. The average Bonchev–Trinajstić information content (AvgIpc) is 2.16. The molecule has 0 bridgehead atoms. The first-order chi connectivity index (χ1) is 6.74. The van der Waals surface area contributed by atoms with Gasteiger partial charge in [0, 0.05) is 19.6 Å². The van der Waals surface area contributed by atoms with E-state index in [-0.39, 0.29) is 0 Å². The molecule has 0 aromatic carbocycles. The zero-order chi connectivity index (χ0) is 10.4. The molecule has 14 heavy (non-hydrogen) atoms. The van der Waals surface area contributed by atoms with Crippen molar-refractivity contribution in [3.05, 3.63) is 22.1 Å². The SMILES string of the molecule is CCCCN1CCCNC1=C[N+](=O)[O-]. The van der Waals surface area contributed by atoms with Crippen molar-refractivity contribution in [2.24, 2.45) is 0 Å². The standard InChI is InChI=1S/C9H17N3O2/c1-2-3-6-11-7-4-5-10-9(11)8-12(13)14/h8,10H,2-7H2,1H3. The maximum absolute atomic E-state index is 10.3. The first-order valence-electron chi connectivity index (χ1n) is 5.08. The van der Waals surface area contributed by atoms with Crippen LogP contribution in [0.5, 0.6) is 0 Å². The molecule has 0 aliphatic carbocycles. The third-order valence-electron chi connectivity index (χ3n) is 2.26. The maximum atomic E-state index is 10.3. The molecule has 5 heteroatoms. The van der Waals surface area contributed by atoms with E-state index in [1.807, 2.05) is 0 Å². The van der Waals surface area contributed by atoms with Gasteiger partial charge in [0.1, 0.15) is 0 Å². The Morgan fingerprint density at radius 2 is 2.50 bits per heavy atom. The van der Waals surface area contributed by atoms with Gasteiger partial charge in [-0.3, -0.25) is 10.1 Å². The fourth-order valence-electron chi connectivity index (χ4n) is 1.53. The molecule has 1 saturated heterocycles. The lowest BCUT2D eigenvalue weighted by Gasteiger charge is -2.30. The number of hydrogen-bond acceptors (Lipinski definition) is 4. The van der Waals surface area contributed by atoms with Crippen molar-refractivity contribution in [3.63, 3.8) is 0 Å². The molecule has 0 unspecified atom stereocenters. The van der Waals surface area contributed by atoms with E-state index in [0.717, 1.165) is 45.1 Å². The quantitative estimate of drug-likeness (QED) is 0.545. The van der Waals surface area contributed by atoms with Gasteiger partial charge in [0.2, 0.25) is 0 Å². The first kappa shape index (κ1) is 10.8. The lowest BCUT2D eigenvalue weighted by Crippen LogP contribution is -2.40. The average molecular weight is 199 g/mol. The van der Waals surface area contributed by atoms with Crippen LogP contribution < -0.4 is 5.32 Å². The van der Waals surface area contributed by atoms with Gasteiger partial charge < -0.3 is 10.2 Å². The molecule has 1 N–H and O–H groups in total. The van der Waals surface area contributed by atoms with E-state index in [9.17, 15) is 10.1 Å². The molecule has 0 amide bonds. The summed E-state index contributed by atoms with van der Waals surface area (Å²) in [5.41, 5.74) is 0. The van der Waals surface area contributed by atoms with Crippen LogP contribution >= 0.6 is 0 Å². The van der Waals surface area contributed by atoms with Crippen LogP contribution in [-0.2, 0) is 0 Å². The van der Waals surface area contributed by atoms with Gasteiger partial charge in [-0.05, 0) is 12.8 Å². The summed E-state index contributed by atoms with van der Waals surface area (Å²) in [6.07, 6.45) is 4.31.